The minimum atomic E-state index is -0.441. The summed E-state index contributed by atoms with van der Waals surface area (Å²) >= 11 is 0. The number of halogens is 1. The minimum Gasteiger partial charge on any atom is -0.350 e. The van der Waals surface area contributed by atoms with E-state index < -0.39 is 17.6 Å². The number of hydrogen-bond acceptors (Lipinski definition) is 3. The third-order valence-electron chi connectivity index (χ3n) is 5.37. The van der Waals surface area contributed by atoms with Crippen LogP contribution in [0.2, 0.25) is 0 Å². The number of carbonyl (C=O) groups is 2. The van der Waals surface area contributed by atoms with E-state index >= 15 is 0 Å². The molecule has 0 spiro atoms. The number of benzene rings is 3. The van der Waals surface area contributed by atoms with Crippen LogP contribution < -0.4 is 10.2 Å². The molecule has 1 heterocycles. The molecule has 3 aromatic carbocycles. The SMILES string of the molecule is Cc1ccc(N2C(=O)C(Nc3cccc(C)c3C)=C(c3ccc(F)cc3)C2=O)cc1. The van der Waals surface area contributed by atoms with E-state index in [1.165, 1.54) is 24.3 Å². The zero-order valence-corrected chi connectivity index (χ0v) is 17.0. The molecule has 0 bridgehead atoms. The second-order valence-electron chi connectivity index (χ2n) is 7.41. The van der Waals surface area contributed by atoms with Crippen molar-refractivity contribution in [2.24, 2.45) is 0 Å². The number of carbonyl (C=O) groups excluding carboxylic acids is 2. The summed E-state index contributed by atoms with van der Waals surface area (Å²) in [7, 11) is 0. The molecule has 0 fully saturated rings. The Morgan fingerprint density at radius 3 is 2.13 bits per heavy atom. The monoisotopic (exact) mass is 400 g/mol. The van der Waals surface area contributed by atoms with Crippen LogP contribution in [0.25, 0.3) is 5.57 Å². The molecule has 30 heavy (non-hydrogen) atoms. The van der Waals surface area contributed by atoms with Crippen LogP contribution in [0.4, 0.5) is 15.8 Å². The number of imide groups is 1. The van der Waals surface area contributed by atoms with E-state index in [0.29, 0.717) is 11.3 Å². The van der Waals surface area contributed by atoms with E-state index in [-0.39, 0.29) is 11.3 Å². The van der Waals surface area contributed by atoms with Gasteiger partial charge in [-0.3, -0.25) is 9.59 Å². The molecule has 150 valence electrons. The number of amides is 2. The standard InChI is InChI=1S/C25H21FN2O2/c1-15-7-13-20(14-8-15)28-24(29)22(18-9-11-19(26)12-10-18)23(25(28)30)27-21-6-4-5-16(2)17(21)3/h4-14,27H,1-3H3. The Kier molecular flexibility index (Phi) is 4.96. The van der Waals surface area contributed by atoms with Crippen LogP contribution in [0.1, 0.15) is 22.3 Å². The Balaban J connectivity index is 1.84. The lowest BCUT2D eigenvalue weighted by molar-refractivity contribution is -0.120. The van der Waals surface area contributed by atoms with Crippen molar-refractivity contribution in [3.63, 3.8) is 0 Å². The molecule has 4 nitrogen and oxygen atoms in total. The molecule has 1 N–H and O–H groups in total. The first-order chi connectivity index (χ1) is 14.4. The summed E-state index contributed by atoms with van der Waals surface area (Å²) in [6.07, 6.45) is 0. The van der Waals surface area contributed by atoms with Gasteiger partial charge in [0.05, 0.1) is 11.3 Å². The second-order valence-corrected chi connectivity index (χ2v) is 7.41. The maximum absolute atomic E-state index is 13.5. The van der Waals surface area contributed by atoms with Gasteiger partial charge in [-0.1, -0.05) is 42.0 Å². The first-order valence-corrected chi connectivity index (χ1v) is 9.65. The summed E-state index contributed by atoms with van der Waals surface area (Å²) in [4.78, 5) is 27.9. The van der Waals surface area contributed by atoms with Crippen LogP contribution in [0.3, 0.4) is 0 Å². The fourth-order valence-corrected chi connectivity index (χ4v) is 3.48. The van der Waals surface area contributed by atoms with Crippen LogP contribution in [0.5, 0.6) is 0 Å². The van der Waals surface area contributed by atoms with Crippen molar-refractivity contribution in [2.75, 3.05) is 10.2 Å². The summed E-state index contributed by atoms with van der Waals surface area (Å²) in [5.41, 5.74) is 5.20. The molecule has 2 amide bonds. The molecule has 0 saturated heterocycles. The van der Waals surface area contributed by atoms with Gasteiger partial charge in [-0.25, -0.2) is 9.29 Å². The Labute approximate surface area is 174 Å². The normalized spacial score (nSPS) is 13.9. The highest BCUT2D eigenvalue weighted by atomic mass is 19.1. The van der Waals surface area contributed by atoms with Crippen molar-refractivity contribution in [1.29, 1.82) is 0 Å². The molecular formula is C25H21FN2O2. The number of aryl methyl sites for hydroxylation is 2. The van der Waals surface area contributed by atoms with Gasteiger partial charge in [0.25, 0.3) is 11.8 Å². The van der Waals surface area contributed by atoms with Gasteiger partial charge < -0.3 is 5.32 Å². The smallest absolute Gasteiger partial charge is 0.282 e. The lowest BCUT2D eigenvalue weighted by Gasteiger charge is -2.16. The van der Waals surface area contributed by atoms with Gasteiger partial charge in [0.15, 0.2) is 0 Å². The van der Waals surface area contributed by atoms with Crippen LogP contribution in [0, 0.1) is 26.6 Å². The third-order valence-corrected chi connectivity index (χ3v) is 5.37. The van der Waals surface area contributed by atoms with Crippen molar-refractivity contribution in [1.82, 2.24) is 0 Å². The van der Waals surface area contributed by atoms with Crippen molar-refractivity contribution in [3.8, 4) is 0 Å². The van der Waals surface area contributed by atoms with E-state index in [9.17, 15) is 14.0 Å². The number of anilines is 2. The molecule has 0 saturated carbocycles. The van der Waals surface area contributed by atoms with E-state index in [1.54, 1.807) is 12.1 Å². The summed E-state index contributed by atoms with van der Waals surface area (Å²) in [6.45, 7) is 5.87. The Morgan fingerprint density at radius 1 is 0.800 bits per heavy atom. The first kappa shape index (κ1) is 19.6. The Hall–Kier alpha value is -3.73. The molecule has 0 radical (unpaired) electrons. The van der Waals surface area contributed by atoms with Gasteiger partial charge in [-0.2, -0.15) is 0 Å². The molecule has 0 unspecified atom stereocenters. The van der Waals surface area contributed by atoms with E-state index in [0.717, 1.165) is 27.3 Å². The zero-order valence-electron chi connectivity index (χ0n) is 17.0. The van der Waals surface area contributed by atoms with Gasteiger partial charge >= 0.3 is 0 Å². The van der Waals surface area contributed by atoms with E-state index in [1.807, 2.05) is 51.1 Å². The highest BCUT2D eigenvalue weighted by Crippen LogP contribution is 2.34. The van der Waals surface area contributed by atoms with Gasteiger partial charge in [0, 0.05) is 5.69 Å². The molecule has 0 aromatic heterocycles. The van der Waals surface area contributed by atoms with Crippen molar-refractivity contribution < 1.29 is 14.0 Å². The highest BCUT2D eigenvalue weighted by molar-refractivity contribution is 6.46. The fourth-order valence-electron chi connectivity index (χ4n) is 3.48. The van der Waals surface area contributed by atoms with Gasteiger partial charge in [-0.05, 0) is 67.8 Å². The molecule has 0 atom stereocenters. The number of rotatable bonds is 4. The number of hydrogen-bond donors (Lipinski definition) is 1. The fraction of sp³-hybridized carbons (Fsp3) is 0.120. The predicted molar refractivity (Wildman–Crippen MR) is 117 cm³/mol. The summed E-state index contributed by atoms with van der Waals surface area (Å²) in [5.74, 6) is -1.29. The van der Waals surface area contributed by atoms with Gasteiger partial charge in [0.2, 0.25) is 0 Å². The van der Waals surface area contributed by atoms with Crippen LogP contribution >= 0.6 is 0 Å². The van der Waals surface area contributed by atoms with Crippen LogP contribution in [-0.4, -0.2) is 11.8 Å². The lowest BCUT2D eigenvalue weighted by Crippen LogP contribution is -2.32. The number of nitrogens with one attached hydrogen (secondary N) is 1. The number of nitrogens with zero attached hydrogens (tertiary/aromatic N) is 1. The van der Waals surface area contributed by atoms with Gasteiger partial charge in [-0.15, -0.1) is 0 Å². The van der Waals surface area contributed by atoms with E-state index in [2.05, 4.69) is 5.32 Å². The average Bonchev–Trinajstić information content (AvgIpc) is 2.97. The summed E-state index contributed by atoms with van der Waals surface area (Å²) in [6, 6.07) is 18.5. The quantitative estimate of drug-likeness (QED) is 0.617. The predicted octanol–water partition coefficient (Wildman–Crippen LogP) is 5.15. The van der Waals surface area contributed by atoms with Crippen molar-refractivity contribution >= 4 is 28.8 Å². The molecule has 4 rings (SSSR count). The van der Waals surface area contributed by atoms with E-state index in [4.69, 9.17) is 0 Å². The van der Waals surface area contributed by atoms with Crippen LogP contribution in [-0.2, 0) is 9.59 Å². The largest absolute Gasteiger partial charge is 0.350 e. The molecular weight excluding hydrogens is 379 g/mol. The lowest BCUT2D eigenvalue weighted by atomic mass is 10.0. The maximum atomic E-state index is 13.5. The minimum absolute atomic E-state index is 0.181. The summed E-state index contributed by atoms with van der Waals surface area (Å²) in [5, 5.41) is 3.18. The average molecular weight is 400 g/mol. The van der Waals surface area contributed by atoms with Gasteiger partial charge in [0.1, 0.15) is 11.5 Å². The first-order valence-electron chi connectivity index (χ1n) is 9.65. The Bertz CT molecular complexity index is 1180. The van der Waals surface area contributed by atoms with Crippen molar-refractivity contribution in [3.05, 3.63) is 100 Å². The topological polar surface area (TPSA) is 49.4 Å². The molecule has 1 aliphatic heterocycles. The highest BCUT2D eigenvalue weighted by Gasteiger charge is 2.40. The molecule has 3 aromatic rings. The molecule has 5 heteroatoms. The Morgan fingerprint density at radius 2 is 1.47 bits per heavy atom. The molecule has 1 aliphatic rings. The maximum Gasteiger partial charge on any atom is 0.282 e. The summed E-state index contributed by atoms with van der Waals surface area (Å²) < 4.78 is 13.5. The van der Waals surface area contributed by atoms with Crippen LogP contribution in [0.15, 0.2) is 72.4 Å². The second kappa shape index (κ2) is 7.59. The van der Waals surface area contributed by atoms with Crippen molar-refractivity contribution in [2.45, 2.75) is 20.8 Å². The third kappa shape index (κ3) is 3.39. The molecule has 0 aliphatic carbocycles. The zero-order chi connectivity index (χ0) is 21.4.